The van der Waals surface area contributed by atoms with Gasteiger partial charge in [-0.3, -0.25) is 10.2 Å². The number of carbonyl (C=O) groups excluding carboxylic acids is 1. The summed E-state index contributed by atoms with van der Waals surface area (Å²) in [6.07, 6.45) is -2.96. The van der Waals surface area contributed by atoms with Crippen molar-refractivity contribution in [2.24, 2.45) is 5.41 Å². The summed E-state index contributed by atoms with van der Waals surface area (Å²) in [6.45, 7) is 5.32. The number of hydrogen-bond donors (Lipinski definition) is 1. The number of nitrogens with one attached hydrogen (secondary N) is 1. The highest BCUT2D eigenvalue weighted by atomic mass is 19.4. The predicted octanol–water partition coefficient (Wildman–Crippen LogP) is 4.77. The number of amides is 1. The van der Waals surface area contributed by atoms with Crippen molar-refractivity contribution in [3.05, 3.63) is 47.5 Å². The van der Waals surface area contributed by atoms with Gasteiger partial charge >= 0.3 is 6.18 Å². The van der Waals surface area contributed by atoms with Gasteiger partial charge in [0, 0.05) is 6.54 Å². The number of benzene rings is 2. The minimum absolute atomic E-state index is 0.00232. The zero-order valence-electron chi connectivity index (χ0n) is 15.2. The van der Waals surface area contributed by atoms with Crippen LogP contribution < -0.4 is 5.43 Å². The van der Waals surface area contributed by atoms with E-state index in [1.54, 1.807) is 19.9 Å². The Kier molecular flexibility index (Phi) is 4.73. The molecule has 0 aromatic heterocycles. The fourth-order valence-electron chi connectivity index (χ4n) is 3.65. The molecular weight excluding hydrogens is 341 g/mol. The number of hydrogen-bond acceptors (Lipinski definition) is 2. The summed E-state index contributed by atoms with van der Waals surface area (Å²) < 4.78 is 42.3. The first-order chi connectivity index (χ1) is 12.1. The van der Waals surface area contributed by atoms with E-state index in [2.05, 4.69) is 5.43 Å². The van der Waals surface area contributed by atoms with Gasteiger partial charge < -0.3 is 0 Å². The fraction of sp³-hybridized carbons (Fsp3) is 0.450. The summed E-state index contributed by atoms with van der Waals surface area (Å²) in [7, 11) is 0. The van der Waals surface area contributed by atoms with Crippen LogP contribution in [0.2, 0.25) is 0 Å². The largest absolute Gasteiger partial charge is 0.409 e. The zero-order chi connectivity index (χ0) is 19.1. The Bertz CT molecular complexity index is 824. The maximum Gasteiger partial charge on any atom is 0.409 e. The van der Waals surface area contributed by atoms with E-state index in [1.807, 2.05) is 31.2 Å². The van der Waals surface area contributed by atoms with E-state index in [4.69, 9.17) is 0 Å². The third kappa shape index (κ3) is 3.30. The van der Waals surface area contributed by atoms with Crippen LogP contribution in [-0.2, 0) is 11.2 Å². The molecule has 6 heteroatoms. The quantitative estimate of drug-likeness (QED) is 0.848. The molecule has 1 atom stereocenters. The first kappa shape index (κ1) is 18.7. The summed E-state index contributed by atoms with van der Waals surface area (Å²) in [6, 6.07) is 8.72. The number of rotatable bonds is 4. The molecule has 0 radical (unpaired) electrons. The van der Waals surface area contributed by atoms with Crippen molar-refractivity contribution in [1.29, 1.82) is 0 Å². The second kappa shape index (κ2) is 6.58. The minimum atomic E-state index is -4.51. The highest BCUT2D eigenvalue weighted by Gasteiger charge is 2.51. The summed E-state index contributed by atoms with van der Waals surface area (Å²) in [5.74, 6) is -0.388. The number of nitrogens with zero attached hydrogens (tertiary/aromatic N) is 1. The Morgan fingerprint density at radius 2 is 1.85 bits per heavy atom. The molecule has 1 N–H and O–H groups in total. The molecule has 0 aliphatic carbocycles. The number of hydrazine groups is 1. The van der Waals surface area contributed by atoms with Crippen molar-refractivity contribution >= 4 is 16.7 Å². The van der Waals surface area contributed by atoms with E-state index in [0.717, 1.165) is 22.4 Å². The molecule has 26 heavy (non-hydrogen) atoms. The van der Waals surface area contributed by atoms with E-state index in [0.29, 0.717) is 11.8 Å². The van der Waals surface area contributed by atoms with E-state index < -0.39 is 17.6 Å². The maximum atomic E-state index is 14.1. The molecule has 2 aromatic carbocycles. The smallest absolute Gasteiger partial charge is 0.287 e. The maximum absolute atomic E-state index is 14.1. The summed E-state index contributed by atoms with van der Waals surface area (Å²) >= 11 is 0. The molecule has 0 bridgehead atoms. The van der Waals surface area contributed by atoms with Crippen molar-refractivity contribution in [2.75, 3.05) is 6.54 Å². The number of fused-ring (bicyclic) bond motifs is 1. The summed E-state index contributed by atoms with van der Waals surface area (Å²) in [5, 5.41) is 2.46. The van der Waals surface area contributed by atoms with Crippen molar-refractivity contribution in [1.82, 2.24) is 10.4 Å². The Labute approximate surface area is 151 Å². The number of halogens is 3. The second-order valence-electron chi connectivity index (χ2n) is 7.51. The molecule has 1 fully saturated rings. The molecule has 140 valence electrons. The van der Waals surface area contributed by atoms with Gasteiger partial charge in [0.15, 0.2) is 6.04 Å². The standard InChI is InChI=1S/C20H23F3N2O/c1-4-7-13-8-5-9-14-10-6-11-15(16(13)14)17(20(21,22)23)25-12-19(2,3)18(26)24-25/h5-6,8-11,17H,4,7,12H2,1-3H3,(H,24,26)/t17-/m0/s1. The monoisotopic (exact) mass is 364 g/mol. The van der Waals surface area contributed by atoms with Crippen LogP contribution in [0.5, 0.6) is 0 Å². The van der Waals surface area contributed by atoms with Gasteiger partial charge in [-0.1, -0.05) is 49.7 Å². The molecular formula is C20H23F3N2O. The van der Waals surface area contributed by atoms with Crippen LogP contribution in [0.1, 0.15) is 44.4 Å². The van der Waals surface area contributed by atoms with E-state index in [-0.39, 0.29) is 18.0 Å². The van der Waals surface area contributed by atoms with Gasteiger partial charge in [0.25, 0.3) is 0 Å². The van der Waals surface area contributed by atoms with Crippen LogP contribution in [0.25, 0.3) is 10.8 Å². The number of carbonyl (C=O) groups is 1. The van der Waals surface area contributed by atoms with E-state index in [9.17, 15) is 18.0 Å². The Balaban J connectivity index is 2.19. The SMILES string of the molecule is CCCc1cccc2cccc([C@H](N3CC(C)(C)C(=O)N3)C(F)(F)F)c12. The van der Waals surface area contributed by atoms with Gasteiger partial charge in [0.05, 0.1) is 5.41 Å². The molecule has 0 saturated carbocycles. The third-order valence-electron chi connectivity index (χ3n) is 4.88. The molecule has 3 nitrogen and oxygen atoms in total. The lowest BCUT2D eigenvalue weighted by Gasteiger charge is -2.31. The fourth-order valence-corrected chi connectivity index (χ4v) is 3.65. The van der Waals surface area contributed by atoms with Crippen LogP contribution in [-0.4, -0.2) is 23.6 Å². The first-order valence-electron chi connectivity index (χ1n) is 8.80. The van der Waals surface area contributed by atoms with Gasteiger partial charge in [-0.15, -0.1) is 0 Å². The van der Waals surface area contributed by atoms with Gasteiger partial charge in [-0.05, 0) is 42.2 Å². The Hall–Kier alpha value is -2.08. The molecule has 3 rings (SSSR count). The van der Waals surface area contributed by atoms with Crippen LogP contribution in [0.4, 0.5) is 13.2 Å². The molecule has 1 amide bonds. The highest BCUT2D eigenvalue weighted by molar-refractivity contribution is 5.90. The summed E-state index contributed by atoms with van der Waals surface area (Å²) in [5.41, 5.74) is 2.67. The molecule has 1 aliphatic heterocycles. The second-order valence-corrected chi connectivity index (χ2v) is 7.51. The predicted molar refractivity (Wildman–Crippen MR) is 95.4 cm³/mol. The van der Waals surface area contributed by atoms with Crippen molar-refractivity contribution in [3.8, 4) is 0 Å². The molecule has 1 aliphatic rings. The molecule has 0 unspecified atom stereocenters. The Morgan fingerprint density at radius 1 is 1.19 bits per heavy atom. The lowest BCUT2D eigenvalue weighted by atomic mass is 9.91. The van der Waals surface area contributed by atoms with E-state index >= 15 is 0 Å². The van der Waals surface area contributed by atoms with Gasteiger partial charge in [0.2, 0.25) is 5.91 Å². The molecule has 1 saturated heterocycles. The normalized spacial score (nSPS) is 18.9. The molecule has 2 aromatic rings. The van der Waals surface area contributed by atoms with Gasteiger partial charge in [-0.2, -0.15) is 13.2 Å². The average Bonchev–Trinajstić information content (AvgIpc) is 2.79. The summed E-state index contributed by atoms with van der Waals surface area (Å²) in [4.78, 5) is 12.1. The first-order valence-corrected chi connectivity index (χ1v) is 8.80. The van der Waals surface area contributed by atoms with Crippen LogP contribution in [0.3, 0.4) is 0 Å². The number of aryl methyl sites for hydroxylation is 1. The average molecular weight is 364 g/mol. The van der Waals surface area contributed by atoms with E-state index in [1.165, 1.54) is 6.07 Å². The topological polar surface area (TPSA) is 32.3 Å². The van der Waals surface area contributed by atoms with Crippen LogP contribution in [0, 0.1) is 5.41 Å². The van der Waals surface area contributed by atoms with Crippen LogP contribution in [0.15, 0.2) is 36.4 Å². The van der Waals surface area contributed by atoms with Crippen molar-refractivity contribution in [2.45, 2.75) is 45.8 Å². The molecule has 0 spiro atoms. The van der Waals surface area contributed by atoms with Crippen molar-refractivity contribution < 1.29 is 18.0 Å². The van der Waals surface area contributed by atoms with Crippen LogP contribution >= 0.6 is 0 Å². The third-order valence-corrected chi connectivity index (χ3v) is 4.88. The molecule has 1 heterocycles. The Morgan fingerprint density at radius 3 is 2.38 bits per heavy atom. The highest BCUT2D eigenvalue weighted by Crippen LogP contribution is 2.43. The number of alkyl halides is 3. The lowest BCUT2D eigenvalue weighted by molar-refractivity contribution is -0.191. The zero-order valence-corrected chi connectivity index (χ0v) is 15.2. The van der Waals surface area contributed by atoms with Gasteiger partial charge in [0.1, 0.15) is 0 Å². The van der Waals surface area contributed by atoms with Crippen molar-refractivity contribution in [3.63, 3.8) is 0 Å². The van der Waals surface area contributed by atoms with Gasteiger partial charge in [-0.25, -0.2) is 5.01 Å². The minimum Gasteiger partial charge on any atom is -0.287 e. The lowest BCUT2D eigenvalue weighted by Crippen LogP contribution is -2.43.